The molecule has 0 aromatic rings. The van der Waals surface area contributed by atoms with Gasteiger partial charge >= 0.3 is 0 Å². The molecule has 0 N–H and O–H groups in total. The maximum absolute atomic E-state index is 3.79. The first-order valence-corrected chi connectivity index (χ1v) is 14.2. The van der Waals surface area contributed by atoms with Crippen molar-refractivity contribution in [3.8, 4) is 0 Å². The molecular formula is C30H58. The third-order valence-corrected chi connectivity index (χ3v) is 6.42. The Kier molecular flexibility index (Phi) is 28.0. The van der Waals surface area contributed by atoms with E-state index in [0.29, 0.717) is 0 Å². The van der Waals surface area contributed by atoms with Crippen LogP contribution in [0.25, 0.3) is 0 Å². The highest BCUT2D eigenvalue weighted by atomic mass is 14.0. The van der Waals surface area contributed by atoms with E-state index in [9.17, 15) is 0 Å². The van der Waals surface area contributed by atoms with Gasteiger partial charge in [0, 0.05) is 0 Å². The first-order chi connectivity index (χ1) is 14.9. The van der Waals surface area contributed by atoms with Crippen LogP contribution in [0.1, 0.15) is 167 Å². The summed E-state index contributed by atoms with van der Waals surface area (Å²) >= 11 is 0. The van der Waals surface area contributed by atoms with Gasteiger partial charge in [-0.1, -0.05) is 147 Å². The lowest BCUT2D eigenvalue weighted by Crippen LogP contribution is -1.83. The van der Waals surface area contributed by atoms with Gasteiger partial charge in [0.25, 0.3) is 0 Å². The average molecular weight is 419 g/mol. The molecule has 0 heteroatoms. The van der Waals surface area contributed by atoms with Gasteiger partial charge in [-0.05, 0) is 38.5 Å². The normalized spacial score (nSPS) is 11.5. The van der Waals surface area contributed by atoms with E-state index >= 15 is 0 Å². The van der Waals surface area contributed by atoms with E-state index in [2.05, 4.69) is 31.7 Å². The zero-order valence-electron chi connectivity index (χ0n) is 21.1. The van der Waals surface area contributed by atoms with Gasteiger partial charge in [0.1, 0.15) is 0 Å². The summed E-state index contributed by atoms with van der Waals surface area (Å²) in [7, 11) is 0. The van der Waals surface area contributed by atoms with Gasteiger partial charge in [-0.15, -0.1) is 6.58 Å². The van der Waals surface area contributed by atoms with E-state index in [4.69, 9.17) is 0 Å². The van der Waals surface area contributed by atoms with E-state index in [1.807, 2.05) is 0 Å². The molecule has 0 heterocycles. The van der Waals surface area contributed by atoms with E-state index in [0.717, 1.165) is 0 Å². The van der Waals surface area contributed by atoms with Crippen LogP contribution in [0.5, 0.6) is 0 Å². The molecule has 0 nitrogen and oxygen atoms in total. The average Bonchev–Trinajstić information content (AvgIpc) is 2.76. The van der Waals surface area contributed by atoms with Crippen molar-refractivity contribution in [1.82, 2.24) is 0 Å². The largest absolute Gasteiger partial charge is 0.103 e. The quantitative estimate of drug-likeness (QED) is 0.0967. The Morgan fingerprint density at radius 3 is 0.933 bits per heavy atom. The van der Waals surface area contributed by atoms with Crippen LogP contribution in [-0.4, -0.2) is 0 Å². The minimum absolute atomic E-state index is 1.20. The van der Waals surface area contributed by atoms with Crippen molar-refractivity contribution in [2.45, 2.75) is 167 Å². The number of allylic oxidation sites excluding steroid dienone is 3. The van der Waals surface area contributed by atoms with Gasteiger partial charge in [-0.3, -0.25) is 0 Å². The Morgan fingerprint density at radius 2 is 0.633 bits per heavy atom. The summed E-state index contributed by atoms with van der Waals surface area (Å²) in [6.45, 7) is 6.09. The fraction of sp³-hybridized carbons (Fsp3) is 0.867. The van der Waals surface area contributed by atoms with Crippen molar-refractivity contribution in [2.75, 3.05) is 0 Å². The van der Waals surface area contributed by atoms with Crippen LogP contribution >= 0.6 is 0 Å². The van der Waals surface area contributed by atoms with Crippen LogP contribution in [0, 0.1) is 0 Å². The molecule has 0 spiro atoms. The smallest absolute Gasteiger partial charge is 0.0351 e. The highest BCUT2D eigenvalue weighted by Crippen LogP contribution is 2.14. The molecule has 0 aromatic heterocycles. The van der Waals surface area contributed by atoms with Gasteiger partial charge in [-0.2, -0.15) is 0 Å². The Bertz CT molecular complexity index is 327. The molecule has 0 aliphatic carbocycles. The van der Waals surface area contributed by atoms with Crippen LogP contribution < -0.4 is 0 Å². The molecule has 0 fully saturated rings. The zero-order valence-corrected chi connectivity index (χ0v) is 21.1. The maximum Gasteiger partial charge on any atom is -0.0351 e. The van der Waals surface area contributed by atoms with Gasteiger partial charge in [0.2, 0.25) is 0 Å². The van der Waals surface area contributed by atoms with E-state index in [-0.39, 0.29) is 0 Å². The van der Waals surface area contributed by atoms with E-state index < -0.39 is 0 Å². The summed E-state index contributed by atoms with van der Waals surface area (Å²) in [5.41, 5.74) is 0. The van der Waals surface area contributed by atoms with Crippen molar-refractivity contribution in [2.24, 2.45) is 0 Å². The lowest BCUT2D eigenvalue weighted by atomic mass is 10.0. The summed E-state index contributed by atoms with van der Waals surface area (Å²) in [6, 6.07) is 0. The molecular weight excluding hydrogens is 360 g/mol. The van der Waals surface area contributed by atoms with Crippen LogP contribution in [-0.2, 0) is 0 Å². The maximum atomic E-state index is 3.79. The fourth-order valence-electron chi connectivity index (χ4n) is 4.30. The van der Waals surface area contributed by atoms with Crippen LogP contribution in [0.4, 0.5) is 0 Å². The summed E-state index contributed by atoms with van der Waals surface area (Å²) in [5, 5.41) is 0. The SMILES string of the molecule is C=CCCCCCCCCCCCCCCC=CCCCCCCCCCCCC. The van der Waals surface area contributed by atoms with Crippen molar-refractivity contribution in [3.05, 3.63) is 24.8 Å². The standard InChI is InChI=1S/C30H58/c1-3-5-7-9-11-13-15-17-19-21-23-25-27-29-30-28-26-24-22-20-18-16-14-12-10-8-6-4-2/h3,26,28H,1,4-25,27,29-30H2,2H3. The number of hydrogen-bond donors (Lipinski definition) is 0. The third kappa shape index (κ3) is 27.5. The molecule has 0 rings (SSSR count). The lowest BCUT2D eigenvalue weighted by Gasteiger charge is -2.02. The second kappa shape index (κ2) is 28.5. The molecule has 0 amide bonds. The third-order valence-electron chi connectivity index (χ3n) is 6.42. The molecule has 178 valence electrons. The van der Waals surface area contributed by atoms with Crippen molar-refractivity contribution < 1.29 is 0 Å². The van der Waals surface area contributed by atoms with Gasteiger partial charge in [0.15, 0.2) is 0 Å². The van der Waals surface area contributed by atoms with Crippen molar-refractivity contribution >= 4 is 0 Å². The van der Waals surface area contributed by atoms with Crippen LogP contribution in [0.2, 0.25) is 0 Å². The lowest BCUT2D eigenvalue weighted by molar-refractivity contribution is 0.542. The fourth-order valence-corrected chi connectivity index (χ4v) is 4.30. The first-order valence-electron chi connectivity index (χ1n) is 14.2. The molecule has 0 saturated heterocycles. The second-order valence-corrected chi connectivity index (χ2v) is 9.55. The monoisotopic (exact) mass is 418 g/mol. The Hall–Kier alpha value is -0.520. The molecule has 0 aliphatic rings. The minimum Gasteiger partial charge on any atom is -0.103 e. The van der Waals surface area contributed by atoms with Gasteiger partial charge in [0.05, 0.1) is 0 Å². The summed E-state index contributed by atoms with van der Waals surface area (Å²) in [4.78, 5) is 0. The first kappa shape index (κ1) is 29.5. The predicted octanol–water partition coefficient (Wildman–Crippen LogP) is 11.5. The highest BCUT2D eigenvalue weighted by Gasteiger charge is 1.94. The Labute approximate surface area is 192 Å². The van der Waals surface area contributed by atoms with Crippen molar-refractivity contribution in [3.63, 3.8) is 0 Å². The van der Waals surface area contributed by atoms with Crippen LogP contribution in [0.15, 0.2) is 24.8 Å². The molecule has 0 aromatic carbocycles. The molecule has 0 saturated carbocycles. The van der Waals surface area contributed by atoms with Crippen LogP contribution in [0.3, 0.4) is 0 Å². The van der Waals surface area contributed by atoms with Gasteiger partial charge in [-0.25, -0.2) is 0 Å². The Balaban J connectivity index is 3.06. The predicted molar refractivity (Wildman–Crippen MR) is 140 cm³/mol. The minimum atomic E-state index is 1.20. The second-order valence-electron chi connectivity index (χ2n) is 9.55. The molecule has 0 bridgehead atoms. The van der Waals surface area contributed by atoms with Crippen molar-refractivity contribution in [1.29, 1.82) is 0 Å². The molecule has 0 aliphatic heterocycles. The summed E-state index contributed by atoms with van der Waals surface area (Å²) < 4.78 is 0. The molecule has 0 radical (unpaired) electrons. The summed E-state index contributed by atoms with van der Waals surface area (Å²) in [5.74, 6) is 0. The molecule has 0 unspecified atom stereocenters. The molecule has 30 heavy (non-hydrogen) atoms. The van der Waals surface area contributed by atoms with Gasteiger partial charge < -0.3 is 0 Å². The Morgan fingerprint density at radius 1 is 0.367 bits per heavy atom. The summed E-state index contributed by atoms with van der Waals surface area (Å²) in [6.07, 6.45) is 42.4. The zero-order chi connectivity index (χ0) is 21.8. The van der Waals surface area contributed by atoms with E-state index in [1.165, 1.54) is 161 Å². The highest BCUT2D eigenvalue weighted by molar-refractivity contribution is 4.81. The number of hydrogen-bond acceptors (Lipinski definition) is 0. The van der Waals surface area contributed by atoms with E-state index in [1.54, 1.807) is 0 Å². The number of rotatable bonds is 26. The molecule has 0 atom stereocenters. The number of unbranched alkanes of at least 4 members (excludes halogenated alkanes) is 23. The topological polar surface area (TPSA) is 0 Å².